The van der Waals surface area contributed by atoms with Gasteiger partial charge in [0.1, 0.15) is 18.2 Å². The topological polar surface area (TPSA) is 125 Å². The van der Waals surface area contributed by atoms with Crippen LogP contribution in [0.4, 0.5) is 0 Å². The van der Waals surface area contributed by atoms with Crippen molar-refractivity contribution in [2.45, 2.75) is 25.0 Å². The molecule has 3 aromatic rings. The van der Waals surface area contributed by atoms with Gasteiger partial charge in [-0.25, -0.2) is 0 Å². The third-order valence-corrected chi connectivity index (χ3v) is 9.43. The van der Waals surface area contributed by atoms with Crippen molar-refractivity contribution in [3.63, 3.8) is 0 Å². The molecule has 1 saturated heterocycles. The maximum Gasteiger partial charge on any atom is 0.258 e. The lowest BCUT2D eigenvalue weighted by Gasteiger charge is -2.35. The van der Waals surface area contributed by atoms with E-state index in [2.05, 4.69) is 10.2 Å². The Morgan fingerprint density at radius 2 is 1.69 bits per heavy atom. The number of hydrogen-bond acceptors (Lipinski definition) is 6. The zero-order chi connectivity index (χ0) is 33.7. The summed E-state index contributed by atoms with van der Waals surface area (Å²) in [4.78, 5) is 58.3. The molecule has 248 valence electrons. The van der Waals surface area contributed by atoms with Gasteiger partial charge in [-0.3, -0.25) is 24.1 Å². The Balaban J connectivity index is 1.25. The van der Waals surface area contributed by atoms with Gasteiger partial charge in [0.15, 0.2) is 0 Å². The number of allylic oxidation sites excluding steroid dienone is 1. The van der Waals surface area contributed by atoms with E-state index in [1.54, 1.807) is 46.2 Å². The molecule has 48 heavy (non-hydrogen) atoms. The van der Waals surface area contributed by atoms with E-state index in [0.717, 1.165) is 11.1 Å². The second-order valence-corrected chi connectivity index (χ2v) is 12.5. The van der Waals surface area contributed by atoms with Crippen LogP contribution in [0.3, 0.4) is 0 Å². The van der Waals surface area contributed by atoms with Crippen LogP contribution >= 0.6 is 11.6 Å². The number of hydrogen-bond donors (Lipinski definition) is 2. The van der Waals surface area contributed by atoms with Gasteiger partial charge >= 0.3 is 0 Å². The summed E-state index contributed by atoms with van der Waals surface area (Å²) in [5.41, 5.74) is 8.54. The summed E-state index contributed by atoms with van der Waals surface area (Å²) in [6.45, 7) is 4.12. The predicted molar refractivity (Wildman–Crippen MR) is 182 cm³/mol. The van der Waals surface area contributed by atoms with E-state index in [0.29, 0.717) is 80.6 Å². The van der Waals surface area contributed by atoms with E-state index in [9.17, 15) is 19.2 Å². The molecule has 0 spiro atoms. The number of carbonyl (C=O) groups is 4. The van der Waals surface area contributed by atoms with E-state index in [1.165, 1.54) is 0 Å². The first-order valence-corrected chi connectivity index (χ1v) is 16.6. The number of carbonyl (C=O) groups excluding carboxylic acids is 4. The molecule has 0 bridgehead atoms. The summed E-state index contributed by atoms with van der Waals surface area (Å²) < 4.78 is 6.08. The number of primary amides is 1. The van der Waals surface area contributed by atoms with Crippen LogP contribution < -0.4 is 15.8 Å². The standard InChI is InChI=1S/C37H38ClN5O5/c38-23-33(44)42-17-15-41(16-18-42)14-13-40-34(45)28-19-30(43-24-27-9-4-5-12-32(27)35(43)46)22-37(21-28,36(39)47)29-10-6-11-31(20-29)48-25-26-7-2-1-3-8-26/h1-12,19-20,22H,13-18,21,23-25H2,(H2,39,47)(H,40,45). The number of nitrogens with one attached hydrogen (secondary N) is 1. The highest BCUT2D eigenvalue weighted by Crippen LogP contribution is 2.41. The molecular weight excluding hydrogens is 630 g/mol. The molecule has 1 atom stereocenters. The lowest BCUT2D eigenvalue weighted by atomic mass is 9.71. The van der Waals surface area contributed by atoms with E-state index < -0.39 is 11.3 Å². The van der Waals surface area contributed by atoms with Crippen molar-refractivity contribution in [3.8, 4) is 5.75 Å². The average molecular weight is 668 g/mol. The number of benzene rings is 3. The van der Waals surface area contributed by atoms with Crippen molar-refractivity contribution in [1.82, 2.24) is 20.0 Å². The van der Waals surface area contributed by atoms with Crippen molar-refractivity contribution >= 4 is 35.2 Å². The molecular formula is C37H38ClN5O5. The Kier molecular flexibility index (Phi) is 9.93. The number of fused-ring (bicyclic) bond motifs is 1. The molecule has 0 saturated carbocycles. The molecule has 1 fully saturated rings. The molecule has 4 amide bonds. The number of rotatable bonds is 11. The highest BCUT2D eigenvalue weighted by Gasteiger charge is 2.43. The van der Waals surface area contributed by atoms with Crippen LogP contribution in [0.25, 0.3) is 0 Å². The molecule has 0 aromatic heterocycles. The van der Waals surface area contributed by atoms with E-state index in [1.807, 2.05) is 54.6 Å². The largest absolute Gasteiger partial charge is 0.489 e. The smallest absolute Gasteiger partial charge is 0.258 e. The summed E-state index contributed by atoms with van der Waals surface area (Å²) in [7, 11) is 0. The summed E-state index contributed by atoms with van der Waals surface area (Å²) in [5, 5.41) is 3.00. The number of nitrogens with two attached hydrogens (primary N) is 1. The van der Waals surface area contributed by atoms with Crippen LogP contribution in [-0.4, -0.2) is 83.5 Å². The van der Waals surface area contributed by atoms with E-state index in [-0.39, 0.29) is 30.0 Å². The SMILES string of the molecule is NC(=O)C1(c2cccc(OCc3ccccc3)c2)C=C(N2Cc3ccccc3C2=O)C=C(C(=O)NCCN2CCN(C(=O)CCl)CC2)C1. The van der Waals surface area contributed by atoms with Crippen molar-refractivity contribution < 1.29 is 23.9 Å². The van der Waals surface area contributed by atoms with Gasteiger partial charge in [0.05, 0.1) is 12.0 Å². The molecule has 3 aliphatic rings. The first-order valence-electron chi connectivity index (χ1n) is 16.0. The molecule has 10 nitrogen and oxygen atoms in total. The fourth-order valence-corrected chi connectivity index (χ4v) is 6.65. The number of amides is 4. The van der Waals surface area contributed by atoms with Crippen LogP contribution in [0.5, 0.6) is 5.75 Å². The quantitative estimate of drug-likeness (QED) is 0.302. The monoisotopic (exact) mass is 667 g/mol. The maximum atomic E-state index is 13.8. The number of halogens is 1. The highest BCUT2D eigenvalue weighted by atomic mass is 35.5. The molecule has 1 aliphatic carbocycles. The number of piperazine rings is 1. The van der Waals surface area contributed by atoms with Gasteiger partial charge in [0.25, 0.3) is 5.91 Å². The molecule has 3 N–H and O–H groups in total. The minimum absolute atomic E-state index is 0.00793. The fourth-order valence-electron chi connectivity index (χ4n) is 6.48. The Morgan fingerprint density at radius 1 is 0.938 bits per heavy atom. The second-order valence-electron chi connectivity index (χ2n) is 12.2. The van der Waals surface area contributed by atoms with Gasteiger partial charge in [0.2, 0.25) is 17.7 Å². The van der Waals surface area contributed by atoms with Crippen molar-refractivity contribution in [3.05, 3.63) is 125 Å². The van der Waals surface area contributed by atoms with Gasteiger partial charge in [-0.1, -0.05) is 60.7 Å². The Morgan fingerprint density at radius 3 is 2.42 bits per heavy atom. The van der Waals surface area contributed by atoms with E-state index in [4.69, 9.17) is 22.1 Å². The van der Waals surface area contributed by atoms with Gasteiger partial charge in [-0.05, 0) is 53.5 Å². The predicted octanol–water partition coefficient (Wildman–Crippen LogP) is 3.36. The minimum Gasteiger partial charge on any atom is -0.489 e. The fraction of sp³-hybridized carbons (Fsp3) is 0.297. The normalized spacial score (nSPS) is 19.3. The van der Waals surface area contributed by atoms with Gasteiger partial charge in [-0.2, -0.15) is 0 Å². The van der Waals surface area contributed by atoms with Crippen LogP contribution in [0, 0.1) is 0 Å². The van der Waals surface area contributed by atoms with Gasteiger partial charge in [-0.15, -0.1) is 11.6 Å². The maximum absolute atomic E-state index is 13.8. The molecule has 0 radical (unpaired) electrons. The first kappa shape index (κ1) is 33.0. The summed E-state index contributed by atoms with van der Waals surface area (Å²) in [5.74, 6) is -0.766. The molecule has 6 rings (SSSR count). The zero-order valence-corrected chi connectivity index (χ0v) is 27.3. The third-order valence-electron chi connectivity index (χ3n) is 9.20. The number of nitrogens with zero attached hydrogens (tertiary/aromatic N) is 3. The van der Waals surface area contributed by atoms with E-state index >= 15 is 0 Å². The summed E-state index contributed by atoms with van der Waals surface area (Å²) in [6, 6.07) is 24.3. The summed E-state index contributed by atoms with van der Waals surface area (Å²) >= 11 is 5.70. The minimum atomic E-state index is -1.43. The molecule has 3 aromatic carbocycles. The average Bonchev–Trinajstić information content (AvgIpc) is 3.47. The van der Waals surface area contributed by atoms with Crippen LogP contribution in [0.2, 0.25) is 0 Å². The lowest BCUT2D eigenvalue weighted by Crippen LogP contribution is -2.50. The van der Waals surface area contributed by atoms with Crippen molar-refractivity contribution in [2.24, 2.45) is 5.73 Å². The highest BCUT2D eigenvalue weighted by molar-refractivity contribution is 6.27. The van der Waals surface area contributed by atoms with Gasteiger partial charge in [0, 0.05) is 56.1 Å². The van der Waals surface area contributed by atoms with Crippen molar-refractivity contribution in [2.75, 3.05) is 45.1 Å². The number of alkyl halides is 1. The molecule has 2 aliphatic heterocycles. The first-order chi connectivity index (χ1) is 23.3. The van der Waals surface area contributed by atoms with Crippen LogP contribution in [0.1, 0.15) is 33.5 Å². The lowest BCUT2D eigenvalue weighted by molar-refractivity contribution is -0.130. The zero-order valence-electron chi connectivity index (χ0n) is 26.6. The summed E-state index contributed by atoms with van der Waals surface area (Å²) in [6.07, 6.45) is 3.41. The molecule has 1 unspecified atom stereocenters. The number of ether oxygens (including phenoxy) is 1. The van der Waals surface area contributed by atoms with Crippen LogP contribution in [0.15, 0.2) is 102 Å². The second kappa shape index (κ2) is 14.5. The van der Waals surface area contributed by atoms with Crippen molar-refractivity contribution in [1.29, 1.82) is 0 Å². The Hall–Kier alpha value is -4.93. The Bertz CT molecular complexity index is 1770. The Labute approximate surface area is 284 Å². The molecule has 2 heterocycles. The van der Waals surface area contributed by atoms with Gasteiger partial charge < -0.3 is 25.6 Å². The third kappa shape index (κ3) is 7.00. The van der Waals surface area contributed by atoms with Crippen LogP contribution in [-0.2, 0) is 33.0 Å². The molecule has 11 heteroatoms.